The van der Waals surface area contributed by atoms with E-state index in [9.17, 15) is 0 Å². The predicted molar refractivity (Wildman–Crippen MR) is 120 cm³/mol. The summed E-state index contributed by atoms with van der Waals surface area (Å²) < 4.78 is 15.8. The van der Waals surface area contributed by atoms with Crippen LogP contribution in [-0.2, 0) is 6.67 Å². The summed E-state index contributed by atoms with van der Waals surface area (Å²) in [4.78, 5) is 2.42. The second kappa shape index (κ2) is 8.62. The van der Waals surface area contributed by atoms with Crippen molar-refractivity contribution in [2.45, 2.75) is 39.4 Å². The number of aryl methyl sites for hydroxylation is 2. The third-order valence-electron chi connectivity index (χ3n) is 5.77. The van der Waals surface area contributed by atoms with Crippen LogP contribution in [0.2, 0.25) is 0 Å². The molecule has 0 bridgehead atoms. The van der Waals surface area contributed by atoms with Gasteiger partial charge in [-0.15, -0.1) is 0 Å². The van der Waals surface area contributed by atoms with Crippen molar-refractivity contribution < 1.29 is 9.47 Å². The van der Waals surface area contributed by atoms with E-state index in [4.69, 9.17) is 26.8 Å². The molecule has 0 aliphatic carbocycles. The zero-order valence-electron chi connectivity index (χ0n) is 18.0. The maximum absolute atomic E-state index is 5.80. The molecule has 0 radical (unpaired) electrons. The number of aromatic nitrogens is 3. The van der Waals surface area contributed by atoms with Crippen molar-refractivity contribution in [1.82, 2.24) is 19.2 Å². The Morgan fingerprint density at radius 2 is 1.83 bits per heavy atom. The van der Waals surface area contributed by atoms with Crippen LogP contribution in [0.5, 0.6) is 11.5 Å². The molecule has 3 aromatic rings. The summed E-state index contributed by atoms with van der Waals surface area (Å²) in [6, 6.07) is 14.6. The molecule has 1 aliphatic rings. The number of hydrogen-bond acceptors (Lipinski definition) is 5. The smallest absolute Gasteiger partial charge is 0.203 e. The van der Waals surface area contributed by atoms with Crippen molar-refractivity contribution in [2.75, 3.05) is 20.8 Å². The number of nitrogens with zero attached hydrogens (tertiary/aromatic N) is 4. The van der Waals surface area contributed by atoms with Crippen LogP contribution in [0.25, 0.3) is 5.69 Å². The van der Waals surface area contributed by atoms with Crippen molar-refractivity contribution in [3.05, 3.63) is 64.2 Å². The van der Waals surface area contributed by atoms with Crippen molar-refractivity contribution in [1.29, 1.82) is 0 Å². The topological polar surface area (TPSA) is 44.5 Å². The van der Waals surface area contributed by atoms with Gasteiger partial charge >= 0.3 is 0 Å². The lowest BCUT2D eigenvalue weighted by atomic mass is 10.0. The third-order valence-corrected chi connectivity index (χ3v) is 6.16. The van der Waals surface area contributed by atoms with Gasteiger partial charge < -0.3 is 9.47 Å². The lowest BCUT2D eigenvalue weighted by molar-refractivity contribution is 0.186. The van der Waals surface area contributed by atoms with E-state index in [0.717, 1.165) is 48.0 Å². The van der Waals surface area contributed by atoms with E-state index >= 15 is 0 Å². The summed E-state index contributed by atoms with van der Waals surface area (Å²) in [6.45, 7) is 5.71. The van der Waals surface area contributed by atoms with E-state index in [-0.39, 0.29) is 6.04 Å². The first kappa shape index (κ1) is 20.6. The summed E-state index contributed by atoms with van der Waals surface area (Å²) in [5.74, 6) is 2.62. The summed E-state index contributed by atoms with van der Waals surface area (Å²) in [7, 11) is 3.41. The Hall–Kier alpha value is -2.64. The normalized spacial score (nSPS) is 16.7. The second-order valence-corrected chi connectivity index (χ2v) is 8.09. The van der Waals surface area contributed by atoms with Crippen LogP contribution in [0.15, 0.2) is 42.5 Å². The molecule has 7 heteroatoms. The molecule has 1 atom stereocenters. The minimum atomic E-state index is 0.238. The third kappa shape index (κ3) is 3.87. The highest BCUT2D eigenvalue weighted by Gasteiger charge is 2.29. The first-order chi connectivity index (χ1) is 14.5. The standard InChI is InChI=1S/C23H28N4O2S/c1-16-7-9-18(10-8-16)27-17(2)24-26(23(27)30)15-25-13-5-6-21(25)20-14-19(28-3)11-12-22(20)29-4/h7-12,14,21H,5-6,13,15H2,1-4H3/t21-/m0/s1. The number of rotatable bonds is 6. The SMILES string of the molecule is COc1ccc(OC)c([C@@H]2CCCN2Cn2nc(C)n(-c3ccc(C)cc3)c2=S)c1. The Morgan fingerprint density at radius 3 is 2.53 bits per heavy atom. The van der Waals surface area contributed by atoms with Gasteiger partial charge in [0.25, 0.3) is 0 Å². The van der Waals surface area contributed by atoms with Gasteiger partial charge in [0.15, 0.2) is 0 Å². The predicted octanol–water partition coefficient (Wildman–Crippen LogP) is 4.83. The van der Waals surface area contributed by atoms with Gasteiger partial charge in [0.1, 0.15) is 17.3 Å². The summed E-state index contributed by atoms with van der Waals surface area (Å²) >= 11 is 5.80. The average molecular weight is 425 g/mol. The highest BCUT2D eigenvalue weighted by Crippen LogP contribution is 2.39. The fraction of sp³-hybridized carbons (Fsp3) is 0.391. The van der Waals surface area contributed by atoms with Gasteiger partial charge in [0.05, 0.1) is 20.9 Å². The maximum atomic E-state index is 5.80. The number of benzene rings is 2. The van der Waals surface area contributed by atoms with Crippen LogP contribution < -0.4 is 9.47 Å². The van der Waals surface area contributed by atoms with Crippen molar-refractivity contribution in [3.63, 3.8) is 0 Å². The minimum absolute atomic E-state index is 0.238. The molecule has 0 unspecified atom stereocenters. The van der Waals surface area contributed by atoms with E-state index < -0.39 is 0 Å². The highest BCUT2D eigenvalue weighted by atomic mass is 32.1. The van der Waals surface area contributed by atoms with Crippen LogP contribution in [0.1, 0.15) is 35.8 Å². The molecule has 1 fully saturated rings. The van der Waals surface area contributed by atoms with E-state index in [1.807, 2.05) is 28.3 Å². The summed E-state index contributed by atoms with van der Waals surface area (Å²) in [5.41, 5.74) is 3.42. The molecule has 0 N–H and O–H groups in total. The largest absolute Gasteiger partial charge is 0.497 e. The van der Waals surface area contributed by atoms with Gasteiger partial charge in [-0.05, 0) is 69.2 Å². The molecular weight excluding hydrogens is 396 g/mol. The Morgan fingerprint density at radius 1 is 1.07 bits per heavy atom. The van der Waals surface area contributed by atoms with E-state index in [2.05, 4.69) is 42.2 Å². The zero-order valence-corrected chi connectivity index (χ0v) is 18.8. The van der Waals surface area contributed by atoms with Crippen LogP contribution in [0.3, 0.4) is 0 Å². The van der Waals surface area contributed by atoms with Gasteiger partial charge in [-0.3, -0.25) is 9.47 Å². The molecule has 0 saturated carbocycles. The van der Waals surface area contributed by atoms with E-state index in [1.54, 1.807) is 14.2 Å². The summed E-state index contributed by atoms with van der Waals surface area (Å²) in [5, 5.41) is 4.75. The van der Waals surface area contributed by atoms with Gasteiger partial charge in [-0.2, -0.15) is 5.10 Å². The number of methoxy groups -OCH3 is 2. The first-order valence-corrected chi connectivity index (χ1v) is 10.6. The van der Waals surface area contributed by atoms with Gasteiger partial charge in [-0.1, -0.05) is 17.7 Å². The molecule has 2 heterocycles. The van der Waals surface area contributed by atoms with Gasteiger partial charge in [-0.25, -0.2) is 4.68 Å². The molecule has 1 aromatic heterocycles. The Balaban J connectivity index is 1.64. The van der Waals surface area contributed by atoms with E-state index in [1.165, 1.54) is 5.56 Å². The summed E-state index contributed by atoms with van der Waals surface area (Å²) in [6.07, 6.45) is 2.19. The molecule has 1 saturated heterocycles. The van der Waals surface area contributed by atoms with Crippen molar-refractivity contribution >= 4 is 12.2 Å². The lowest BCUT2D eigenvalue weighted by Crippen LogP contribution is -2.27. The molecule has 6 nitrogen and oxygen atoms in total. The van der Waals surface area contributed by atoms with Crippen LogP contribution in [0.4, 0.5) is 0 Å². The monoisotopic (exact) mass is 424 g/mol. The zero-order chi connectivity index (χ0) is 21.3. The number of likely N-dealkylation sites (tertiary alicyclic amines) is 1. The van der Waals surface area contributed by atoms with Crippen LogP contribution >= 0.6 is 12.2 Å². The fourth-order valence-electron chi connectivity index (χ4n) is 4.22. The molecule has 4 rings (SSSR count). The second-order valence-electron chi connectivity index (χ2n) is 7.72. The molecule has 1 aliphatic heterocycles. The maximum Gasteiger partial charge on any atom is 0.203 e. The molecular formula is C23H28N4O2S. The Bertz CT molecular complexity index is 1090. The lowest BCUT2D eigenvalue weighted by Gasteiger charge is -2.26. The van der Waals surface area contributed by atoms with Gasteiger partial charge in [0, 0.05) is 23.8 Å². The minimum Gasteiger partial charge on any atom is -0.497 e. The molecule has 0 amide bonds. The van der Waals surface area contributed by atoms with Crippen molar-refractivity contribution in [3.8, 4) is 17.2 Å². The average Bonchev–Trinajstić information content (AvgIpc) is 3.32. The molecule has 0 spiro atoms. The first-order valence-electron chi connectivity index (χ1n) is 10.2. The fourth-order valence-corrected chi connectivity index (χ4v) is 4.55. The van der Waals surface area contributed by atoms with Crippen LogP contribution in [0, 0.1) is 18.6 Å². The number of hydrogen-bond donors (Lipinski definition) is 0. The number of ether oxygens (including phenoxy) is 2. The highest BCUT2D eigenvalue weighted by molar-refractivity contribution is 7.71. The molecule has 30 heavy (non-hydrogen) atoms. The quantitative estimate of drug-likeness (QED) is 0.530. The molecule has 158 valence electrons. The van der Waals surface area contributed by atoms with Crippen LogP contribution in [-0.4, -0.2) is 40.0 Å². The van der Waals surface area contributed by atoms with E-state index in [0.29, 0.717) is 11.4 Å². The Labute approximate surface area is 182 Å². The van der Waals surface area contributed by atoms with Gasteiger partial charge in [0.2, 0.25) is 4.77 Å². The van der Waals surface area contributed by atoms with Crippen molar-refractivity contribution in [2.24, 2.45) is 0 Å². The Kier molecular flexibility index (Phi) is 5.92. The molecule has 2 aromatic carbocycles.